The van der Waals surface area contributed by atoms with Gasteiger partial charge in [-0.2, -0.15) is 0 Å². The van der Waals surface area contributed by atoms with Crippen molar-refractivity contribution in [3.8, 4) is 0 Å². The molecule has 3 rings (SSSR count). The smallest absolute Gasteiger partial charge is 0.0631 e. The molecule has 0 radical (unpaired) electrons. The Bertz CT molecular complexity index is 319. The number of nitrogens with zero attached hydrogens (tertiary/aromatic N) is 2. The van der Waals surface area contributed by atoms with Crippen LogP contribution in [0.15, 0.2) is 0 Å². The fourth-order valence-electron chi connectivity index (χ4n) is 4.11. The molecule has 2 saturated carbocycles. The summed E-state index contributed by atoms with van der Waals surface area (Å²) in [4.78, 5) is 5.24. The lowest BCUT2D eigenvalue weighted by Crippen LogP contribution is -2.51. The third-order valence-corrected chi connectivity index (χ3v) is 5.81. The van der Waals surface area contributed by atoms with Crippen LogP contribution in [0.2, 0.25) is 0 Å². The second-order valence-electron chi connectivity index (χ2n) is 8.13. The Balaban J connectivity index is 1.44. The summed E-state index contributed by atoms with van der Waals surface area (Å²) in [5.74, 6) is 1.51. The second-order valence-corrected chi connectivity index (χ2v) is 8.13. The van der Waals surface area contributed by atoms with E-state index in [1.54, 1.807) is 0 Å². The van der Waals surface area contributed by atoms with Gasteiger partial charge in [-0.1, -0.05) is 20.3 Å². The number of hydrogen-bond donors (Lipinski definition) is 1. The molecule has 0 aromatic carbocycles. The quantitative estimate of drug-likeness (QED) is 0.855. The lowest BCUT2D eigenvalue weighted by atomic mass is 9.69. The summed E-state index contributed by atoms with van der Waals surface area (Å²) in [6, 6.07) is 0. The zero-order valence-corrected chi connectivity index (χ0v) is 13.4. The van der Waals surface area contributed by atoms with Crippen LogP contribution < -0.4 is 0 Å². The van der Waals surface area contributed by atoms with Crippen molar-refractivity contribution in [1.82, 2.24) is 9.80 Å². The van der Waals surface area contributed by atoms with Gasteiger partial charge < -0.3 is 14.9 Å². The van der Waals surface area contributed by atoms with Crippen molar-refractivity contribution >= 4 is 0 Å². The fraction of sp³-hybridized carbons (Fsp3) is 1.00. The molecule has 3 fully saturated rings. The number of aliphatic hydroxyl groups excluding tert-OH is 1. The van der Waals surface area contributed by atoms with E-state index in [4.69, 9.17) is 0 Å². The topological polar surface area (TPSA) is 26.7 Å². The summed E-state index contributed by atoms with van der Waals surface area (Å²) >= 11 is 0. The molecule has 3 nitrogen and oxygen atoms in total. The number of hydrogen-bond acceptors (Lipinski definition) is 3. The van der Waals surface area contributed by atoms with Crippen LogP contribution in [0.25, 0.3) is 0 Å². The average Bonchev–Trinajstić information content (AvgIpc) is 3.21. The third-order valence-electron chi connectivity index (χ3n) is 5.81. The van der Waals surface area contributed by atoms with Gasteiger partial charge in [-0.25, -0.2) is 0 Å². The molecule has 1 heterocycles. The molecular weight excluding hydrogens is 248 g/mol. The van der Waals surface area contributed by atoms with E-state index in [1.165, 1.54) is 64.8 Å². The van der Waals surface area contributed by atoms with E-state index in [0.29, 0.717) is 5.92 Å². The minimum absolute atomic E-state index is 0.110. The van der Waals surface area contributed by atoms with Gasteiger partial charge in [-0.15, -0.1) is 0 Å². The van der Waals surface area contributed by atoms with Crippen molar-refractivity contribution < 1.29 is 5.11 Å². The Morgan fingerprint density at radius 2 is 1.55 bits per heavy atom. The molecule has 2 aliphatic carbocycles. The summed E-state index contributed by atoms with van der Waals surface area (Å²) in [6.45, 7) is 11.8. The number of piperazine rings is 1. The Morgan fingerprint density at radius 3 is 2.15 bits per heavy atom. The van der Waals surface area contributed by atoms with E-state index in [-0.39, 0.29) is 11.5 Å². The number of rotatable bonds is 4. The Labute approximate surface area is 124 Å². The highest BCUT2D eigenvalue weighted by Crippen LogP contribution is 2.39. The molecule has 116 valence electrons. The van der Waals surface area contributed by atoms with Gasteiger partial charge in [0.25, 0.3) is 0 Å². The minimum Gasteiger partial charge on any atom is -0.392 e. The second kappa shape index (κ2) is 5.94. The molecule has 2 atom stereocenters. The van der Waals surface area contributed by atoms with Gasteiger partial charge in [-0.05, 0) is 42.9 Å². The first kappa shape index (κ1) is 14.8. The van der Waals surface area contributed by atoms with Crippen molar-refractivity contribution in [3.05, 3.63) is 0 Å². The first-order valence-corrected chi connectivity index (χ1v) is 8.67. The van der Waals surface area contributed by atoms with Crippen LogP contribution in [0.4, 0.5) is 0 Å². The summed E-state index contributed by atoms with van der Waals surface area (Å²) in [5, 5.41) is 10.6. The molecule has 2 unspecified atom stereocenters. The molecule has 1 aliphatic heterocycles. The lowest BCUT2D eigenvalue weighted by molar-refractivity contribution is -0.0466. The fourth-order valence-corrected chi connectivity index (χ4v) is 4.11. The number of aliphatic hydroxyl groups is 1. The normalized spacial score (nSPS) is 36.1. The first-order chi connectivity index (χ1) is 9.54. The van der Waals surface area contributed by atoms with E-state index in [9.17, 15) is 5.11 Å². The molecule has 20 heavy (non-hydrogen) atoms. The predicted molar refractivity (Wildman–Crippen MR) is 82.7 cm³/mol. The van der Waals surface area contributed by atoms with Crippen molar-refractivity contribution in [2.45, 2.75) is 52.1 Å². The van der Waals surface area contributed by atoms with Gasteiger partial charge in [-0.3, -0.25) is 0 Å². The predicted octanol–water partition coefficient (Wildman–Crippen LogP) is 2.20. The molecule has 0 amide bonds. The average molecular weight is 280 g/mol. The van der Waals surface area contributed by atoms with E-state index in [1.807, 2.05) is 0 Å². The van der Waals surface area contributed by atoms with Crippen molar-refractivity contribution in [2.75, 3.05) is 39.3 Å². The van der Waals surface area contributed by atoms with E-state index >= 15 is 0 Å². The molecule has 1 N–H and O–H groups in total. The summed E-state index contributed by atoms with van der Waals surface area (Å²) in [5.41, 5.74) is 0.122. The highest BCUT2D eigenvalue weighted by atomic mass is 16.3. The highest BCUT2D eigenvalue weighted by Gasteiger charge is 2.38. The first-order valence-electron chi connectivity index (χ1n) is 8.67. The zero-order chi connectivity index (χ0) is 14.2. The highest BCUT2D eigenvalue weighted by molar-refractivity contribution is 4.90. The summed E-state index contributed by atoms with van der Waals surface area (Å²) < 4.78 is 0. The van der Waals surface area contributed by atoms with Crippen LogP contribution in [0.3, 0.4) is 0 Å². The van der Waals surface area contributed by atoms with E-state index in [2.05, 4.69) is 23.6 Å². The van der Waals surface area contributed by atoms with Crippen LogP contribution in [0.5, 0.6) is 0 Å². The molecule has 0 aromatic rings. The van der Waals surface area contributed by atoms with Crippen LogP contribution in [-0.2, 0) is 0 Å². The molecule has 0 aromatic heterocycles. The lowest BCUT2D eigenvalue weighted by Gasteiger charge is -2.44. The molecule has 3 aliphatic rings. The molecule has 1 saturated heterocycles. The molecule has 0 bridgehead atoms. The SMILES string of the molecule is CC1(C)CCCC(CN2CCN(CC3CC3)CC2)C1O. The minimum atomic E-state index is -0.110. The maximum Gasteiger partial charge on any atom is 0.0631 e. The van der Waals surface area contributed by atoms with Crippen LogP contribution >= 0.6 is 0 Å². The monoisotopic (exact) mass is 280 g/mol. The molecular formula is C17H32N2O. The van der Waals surface area contributed by atoms with Gasteiger partial charge in [0.1, 0.15) is 0 Å². The van der Waals surface area contributed by atoms with Crippen LogP contribution in [0.1, 0.15) is 46.0 Å². The van der Waals surface area contributed by atoms with Gasteiger partial charge >= 0.3 is 0 Å². The molecule has 3 heteroatoms. The van der Waals surface area contributed by atoms with Crippen LogP contribution in [-0.4, -0.2) is 60.3 Å². The van der Waals surface area contributed by atoms with Crippen molar-refractivity contribution in [1.29, 1.82) is 0 Å². The summed E-state index contributed by atoms with van der Waals surface area (Å²) in [7, 11) is 0. The summed E-state index contributed by atoms with van der Waals surface area (Å²) in [6.07, 6.45) is 6.50. The maximum atomic E-state index is 10.6. The van der Waals surface area contributed by atoms with E-state index < -0.39 is 0 Å². The standard InChI is InChI=1S/C17H32N2O/c1-17(2)7-3-4-15(16(17)20)13-19-10-8-18(9-11-19)12-14-5-6-14/h14-16,20H,3-13H2,1-2H3. The zero-order valence-electron chi connectivity index (χ0n) is 13.4. The van der Waals surface area contributed by atoms with Gasteiger partial charge in [0.15, 0.2) is 0 Å². The van der Waals surface area contributed by atoms with Crippen molar-refractivity contribution in [3.63, 3.8) is 0 Å². The van der Waals surface area contributed by atoms with Crippen molar-refractivity contribution in [2.24, 2.45) is 17.3 Å². The van der Waals surface area contributed by atoms with Gasteiger partial charge in [0.05, 0.1) is 6.10 Å². The largest absolute Gasteiger partial charge is 0.392 e. The molecule has 0 spiro atoms. The third kappa shape index (κ3) is 3.55. The maximum absolute atomic E-state index is 10.6. The Morgan fingerprint density at radius 1 is 0.950 bits per heavy atom. The van der Waals surface area contributed by atoms with Crippen LogP contribution in [0, 0.1) is 17.3 Å². The van der Waals surface area contributed by atoms with E-state index in [0.717, 1.165) is 12.5 Å². The Kier molecular flexibility index (Phi) is 4.40. The van der Waals surface area contributed by atoms with Gasteiger partial charge in [0.2, 0.25) is 0 Å². The Hall–Kier alpha value is -0.120. The van der Waals surface area contributed by atoms with Gasteiger partial charge in [0, 0.05) is 39.3 Å².